The van der Waals surface area contributed by atoms with Crippen molar-refractivity contribution in [2.75, 3.05) is 18.5 Å². The summed E-state index contributed by atoms with van der Waals surface area (Å²) < 4.78 is 47.2. The minimum Gasteiger partial charge on any atom is -0.378 e. The third-order valence-electron chi connectivity index (χ3n) is 4.80. The van der Waals surface area contributed by atoms with Gasteiger partial charge in [-0.3, -0.25) is 4.98 Å². The molecule has 0 aliphatic carbocycles. The Hall–Kier alpha value is -2.64. The van der Waals surface area contributed by atoms with Crippen LogP contribution in [-0.2, 0) is 4.74 Å². The third-order valence-corrected chi connectivity index (χ3v) is 4.80. The van der Waals surface area contributed by atoms with Crippen molar-refractivity contribution in [1.29, 1.82) is 0 Å². The fourth-order valence-electron chi connectivity index (χ4n) is 3.25. The molecule has 2 N–H and O–H groups in total. The van der Waals surface area contributed by atoms with Crippen LogP contribution in [0, 0.1) is 6.92 Å². The van der Waals surface area contributed by atoms with E-state index in [1.807, 2.05) is 6.92 Å². The maximum absolute atomic E-state index is 14.1. The van der Waals surface area contributed by atoms with E-state index in [1.54, 1.807) is 67.6 Å². The standard InChI is InChI=1S/C22H23F3N2O2/c1-3-29-14-21(28,22(23,24)25)20(16-8-5-4-6-9-16)27-19-11-7-10-18-17(19)13-12-15(2)26-18/h4-13,20,27-28H,3,14H2,1-2H3. The van der Waals surface area contributed by atoms with Crippen molar-refractivity contribution in [1.82, 2.24) is 4.98 Å². The van der Waals surface area contributed by atoms with E-state index in [0.717, 1.165) is 5.69 Å². The number of nitrogens with one attached hydrogen (secondary N) is 1. The quantitative estimate of drug-likeness (QED) is 0.580. The summed E-state index contributed by atoms with van der Waals surface area (Å²) in [6.45, 7) is 2.59. The van der Waals surface area contributed by atoms with Crippen molar-refractivity contribution in [3.63, 3.8) is 0 Å². The predicted octanol–water partition coefficient (Wildman–Crippen LogP) is 5.03. The molecule has 3 aromatic rings. The summed E-state index contributed by atoms with van der Waals surface area (Å²) in [5, 5.41) is 14.4. The van der Waals surface area contributed by atoms with E-state index < -0.39 is 24.4 Å². The van der Waals surface area contributed by atoms with Crippen LogP contribution in [-0.4, -0.2) is 35.1 Å². The van der Waals surface area contributed by atoms with Crippen molar-refractivity contribution in [2.45, 2.75) is 31.7 Å². The van der Waals surface area contributed by atoms with Crippen LogP contribution >= 0.6 is 0 Å². The lowest BCUT2D eigenvalue weighted by Crippen LogP contribution is -2.56. The predicted molar refractivity (Wildman–Crippen MR) is 107 cm³/mol. The summed E-state index contributed by atoms with van der Waals surface area (Å²) in [5.41, 5.74) is -0.934. The first-order valence-corrected chi connectivity index (χ1v) is 9.31. The number of anilines is 1. The number of aromatic nitrogens is 1. The number of hydrogen-bond acceptors (Lipinski definition) is 4. The van der Waals surface area contributed by atoms with Crippen LogP contribution in [0.2, 0.25) is 0 Å². The molecular weight excluding hydrogens is 381 g/mol. The van der Waals surface area contributed by atoms with Crippen molar-refractivity contribution >= 4 is 16.6 Å². The number of aryl methyl sites for hydroxylation is 1. The van der Waals surface area contributed by atoms with Gasteiger partial charge in [0.15, 0.2) is 0 Å². The highest BCUT2D eigenvalue weighted by atomic mass is 19.4. The largest absolute Gasteiger partial charge is 0.421 e. The Bertz CT molecular complexity index is 963. The number of hydrogen-bond donors (Lipinski definition) is 2. The molecule has 4 nitrogen and oxygen atoms in total. The number of rotatable bonds is 7. The van der Waals surface area contributed by atoms with E-state index in [0.29, 0.717) is 22.2 Å². The van der Waals surface area contributed by atoms with Gasteiger partial charge in [0.05, 0.1) is 18.2 Å². The van der Waals surface area contributed by atoms with Gasteiger partial charge in [-0.2, -0.15) is 13.2 Å². The van der Waals surface area contributed by atoms with E-state index in [-0.39, 0.29) is 6.61 Å². The molecule has 1 heterocycles. The monoisotopic (exact) mass is 404 g/mol. The second-order valence-electron chi connectivity index (χ2n) is 6.87. The Morgan fingerprint density at radius 3 is 2.41 bits per heavy atom. The van der Waals surface area contributed by atoms with Gasteiger partial charge in [0.25, 0.3) is 0 Å². The van der Waals surface area contributed by atoms with Crippen LogP contribution in [0.4, 0.5) is 18.9 Å². The van der Waals surface area contributed by atoms with Gasteiger partial charge >= 0.3 is 6.18 Å². The maximum Gasteiger partial charge on any atom is 0.421 e. The van der Waals surface area contributed by atoms with Crippen LogP contribution in [0.1, 0.15) is 24.2 Å². The zero-order valence-corrected chi connectivity index (χ0v) is 16.2. The first-order chi connectivity index (χ1) is 13.8. The first-order valence-electron chi connectivity index (χ1n) is 9.31. The first kappa shape index (κ1) is 21.1. The van der Waals surface area contributed by atoms with Gasteiger partial charge in [0, 0.05) is 23.4 Å². The third kappa shape index (κ3) is 4.36. The van der Waals surface area contributed by atoms with E-state index >= 15 is 0 Å². The maximum atomic E-state index is 14.1. The van der Waals surface area contributed by atoms with Gasteiger partial charge in [0.1, 0.15) is 0 Å². The van der Waals surface area contributed by atoms with Gasteiger partial charge in [0.2, 0.25) is 5.60 Å². The highest BCUT2D eigenvalue weighted by Gasteiger charge is 2.59. The molecule has 2 atom stereocenters. The van der Waals surface area contributed by atoms with Crippen LogP contribution in [0.5, 0.6) is 0 Å². The molecule has 0 bridgehead atoms. The summed E-state index contributed by atoms with van der Waals surface area (Å²) in [6.07, 6.45) is -4.92. The number of aliphatic hydroxyl groups is 1. The number of fused-ring (bicyclic) bond motifs is 1. The number of nitrogens with zero attached hydrogens (tertiary/aromatic N) is 1. The molecular formula is C22H23F3N2O2. The molecule has 0 aliphatic heterocycles. The normalized spacial score (nSPS) is 15.1. The molecule has 1 aromatic heterocycles. The Balaban J connectivity index is 2.12. The second-order valence-corrected chi connectivity index (χ2v) is 6.87. The fourth-order valence-corrected chi connectivity index (χ4v) is 3.25. The van der Waals surface area contributed by atoms with Crippen molar-refractivity contribution in [3.8, 4) is 0 Å². The molecule has 7 heteroatoms. The van der Waals surface area contributed by atoms with Gasteiger partial charge in [-0.1, -0.05) is 36.4 Å². The number of alkyl halides is 3. The van der Waals surface area contributed by atoms with Crippen LogP contribution < -0.4 is 5.32 Å². The van der Waals surface area contributed by atoms with E-state index in [2.05, 4.69) is 10.3 Å². The Morgan fingerprint density at radius 1 is 1.03 bits per heavy atom. The van der Waals surface area contributed by atoms with E-state index in [9.17, 15) is 18.3 Å². The molecule has 2 aromatic carbocycles. The van der Waals surface area contributed by atoms with Crippen molar-refractivity contribution in [2.24, 2.45) is 0 Å². The summed E-state index contributed by atoms with van der Waals surface area (Å²) in [5.74, 6) is 0. The highest BCUT2D eigenvalue weighted by Crippen LogP contribution is 2.43. The van der Waals surface area contributed by atoms with Crippen molar-refractivity contribution < 1.29 is 23.0 Å². The molecule has 3 rings (SSSR count). The summed E-state index contributed by atoms with van der Waals surface area (Å²) in [7, 11) is 0. The van der Waals surface area contributed by atoms with Crippen LogP contribution in [0.25, 0.3) is 10.9 Å². The molecule has 0 spiro atoms. The molecule has 0 aliphatic rings. The van der Waals surface area contributed by atoms with Crippen molar-refractivity contribution in [3.05, 3.63) is 71.9 Å². The second kappa shape index (κ2) is 8.39. The number of ether oxygens (including phenoxy) is 1. The van der Waals surface area contributed by atoms with Gasteiger partial charge in [-0.25, -0.2) is 0 Å². The summed E-state index contributed by atoms with van der Waals surface area (Å²) in [4.78, 5) is 4.43. The summed E-state index contributed by atoms with van der Waals surface area (Å²) in [6, 6.07) is 15.4. The molecule has 154 valence electrons. The minimum absolute atomic E-state index is 0.0529. The average Bonchev–Trinajstić information content (AvgIpc) is 2.69. The summed E-state index contributed by atoms with van der Waals surface area (Å²) >= 11 is 0. The molecule has 0 fully saturated rings. The molecule has 0 amide bonds. The number of halogens is 3. The van der Waals surface area contributed by atoms with E-state index in [1.165, 1.54) is 0 Å². The minimum atomic E-state index is -4.92. The average molecular weight is 404 g/mol. The highest BCUT2D eigenvalue weighted by molar-refractivity contribution is 5.91. The molecule has 29 heavy (non-hydrogen) atoms. The molecule has 0 saturated heterocycles. The smallest absolute Gasteiger partial charge is 0.378 e. The zero-order chi connectivity index (χ0) is 21.1. The lowest BCUT2D eigenvalue weighted by molar-refractivity contribution is -0.281. The van der Waals surface area contributed by atoms with Gasteiger partial charge in [-0.15, -0.1) is 0 Å². The molecule has 0 saturated carbocycles. The zero-order valence-electron chi connectivity index (χ0n) is 16.2. The van der Waals surface area contributed by atoms with Crippen LogP contribution in [0.3, 0.4) is 0 Å². The van der Waals surface area contributed by atoms with Gasteiger partial charge < -0.3 is 15.2 Å². The van der Waals surface area contributed by atoms with Crippen LogP contribution in [0.15, 0.2) is 60.7 Å². The fraction of sp³-hybridized carbons (Fsp3) is 0.318. The lowest BCUT2D eigenvalue weighted by atomic mass is 9.87. The lowest BCUT2D eigenvalue weighted by Gasteiger charge is -2.38. The van der Waals surface area contributed by atoms with Gasteiger partial charge in [-0.05, 0) is 43.7 Å². The SMILES string of the molecule is CCOCC(O)(C(Nc1cccc2nc(C)ccc12)c1ccccc1)C(F)(F)F. The Morgan fingerprint density at radius 2 is 1.76 bits per heavy atom. The Labute approximate surface area is 167 Å². The molecule has 0 radical (unpaired) electrons. The van der Waals surface area contributed by atoms with E-state index in [4.69, 9.17) is 4.74 Å². The topological polar surface area (TPSA) is 54.4 Å². The Kier molecular flexibility index (Phi) is 6.10. The number of benzene rings is 2. The number of pyridine rings is 1. The molecule has 2 unspecified atom stereocenters.